The summed E-state index contributed by atoms with van der Waals surface area (Å²) in [7, 11) is 0. The van der Waals surface area contributed by atoms with Crippen LogP contribution in [-0.2, 0) is 9.47 Å². The second kappa shape index (κ2) is 5.60. The predicted molar refractivity (Wildman–Crippen MR) is 40.8 cm³/mol. The molecule has 0 rings (SSSR count). The molecule has 0 radical (unpaired) electrons. The Morgan fingerprint density at radius 2 is 2.27 bits per heavy atom. The van der Waals surface area contributed by atoms with Crippen LogP contribution in [0, 0.1) is 12.0 Å². The van der Waals surface area contributed by atoms with Crippen LogP contribution in [0.1, 0.15) is 27.2 Å². The van der Waals surface area contributed by atoms with Gasteiger partial charge in [-0.25, -0.2) is 4.79 Å². The van der Waals surface area contributed by atoms with Gasteiger partial charge in [0, 0.05) is 6.92 Å². The second-order valence-corrected chi connectivity index (χ2v) is 2.04. The molecule has 3 nitrogen and oxygen atoms in total. The fraction of sp³-hybridized carbons (Fsp3) is 0.625. The number of rotatable bonds is 2. The third-order valence-corrected chi connectivity index (χ3v) is 1.11. The van der Waals surface area contributed by atoms with Crippen molar-refractivity contribution in [2.75, 3.05) is 0 Å². The Morgan fingerprint density at radius 3 is 2.73 bits per heavy atom. The van der Waals surface area contributed by atoms with Crippen molar-refractivity contribution in [1.82, 2.24) is 0 Å². The van der Waals surface area contributed by atoms with E-state index in [1.54, 1.807) is 13.8 Å². The van der Waals surface area contributed by atoms with Gasteiger partial charge in [0.2, 0.25) is 0 Å². The summed E-state index contributed by atoms with van der Waals surface area (Å²) in [4.78, 5) is 10.6. The fourth-order valence-corrected chi connectivity index (χ4v) is 0.364. The van der Waals surface area contributed by atoms with E-state index >= 15 is 0 Å². The molecule has 0 amide bonds. The summed E-state index contributed by atoms with van der Waals surface area (Å²) in [6, 6.07) is 0. The van der Waals surface area contributed by atoms with Crippen molar-refractivity contribution < 1.29 is 14.3 Å². The van der Waals surface area contributed by atoms with Crippen molar-refractivity contribution in [2.24, 2.45) is 0 Å². The number of carbonyl (C=O) groups is 1. The minimum Gasteiger partial charge on any atom is -0.430 e. The van der Waals surface area contributed by atoms with Crippen LogP contribution in [0.15, 0.2) is 0 Å². The van der Waals surface area contributed by atoms with Gasteiger partial charge in [-0.3, -0.25) is 0 Å². The molecule has 0 bridgehead atoms. The van der Waals surface area contributed by atoms with Crippen LogP contribution in [0.3, 0.4) is 0 Å². The van der Waals surface area contributed by atoms with Crippen LogP contribution < -0.4 is 0 Å². The first kappa shape index (κ1) is 9.83. The molecule has 0 aliphatic carbocycles. The van der Waals surface area contributed by atoms with Crippen molar-refractivity contribution in [3.63, 3.8) is 0 Å². The van der Waals surface area contributed by atoms with Gasteiger partial charge in [0.1, 0.15) is 12.2 Å². The van der Waals surface area contributed by atoms with Gasteiger partial charge >= 0.3 is 6.16 Å². The molecule has 0 aromatic rings. The van der Waals surface area contributed by atoms with Gasteiger partial charge in [0.25, 0.3) is 0 Å². The smallest absolute Gasteiger partial charge is 0.430 e. The van der Waals surface area contributed by atoms with Gasteiger partial charge in [-0.05, 0) is 13.3 Å². The van der Waals surface area contributed by atoms with Crippen LogP contribution in [-0.4, -0.2) is 12.3 Å². The highest BCUT2D eigenvalue weighted by molar-refractivity contribution is 5.61. The van der Waals surface area contributed by atoms with Gasteiger partial charge in [-0.2, -0.15) is 0 Å². The molecule has 0 aromatic heterocycles. The zero-order chi connectivity index (χ0) is 8.69. The molecule has 0 saturated carbocycles. The summed E-state index contributed by atoms with van der Waals surface area (Å²) in [6.45, 7) is 5.29. The molecule has 11 heavy (non-hydrogen) atoms. The molecule has 1 atom stereocenters. The van der Waals surface area contributed by atoms with E-state index in [0.717, 1.165) is 6.42 Å². The van der Waals surface area contributed by atoms with Gasteiger partial charge in [0.05, 0.1) is 0 Å². The molecule has 1 unspecified atom stereocenters. The van der Waals surface area contributed by atoms with E-state index in [4.69, 9.17) is 4.74 Å². The minimum absolute atomic E-state index is 0.110. The Labute approximate surface area is 66.7 Å². The first-order valence-electron chi connectivity index (χ1n) is 3.49. The third kappa shape index (κ3) is 5.28. The molecule has 0 aromatic carbocycles. The molecule has 0 heterocycles. The molecule has 0 N–H and O–H groups in total. The molecule has 0 aliphatic rings. The van der Waals surface area contributed by atoms with Crippen molar-refractivity contribution in [2.45, 2.75) is 33.3 Å². The highest BCUT2D eigenvalue weighted by Crippen LogP contribution is 1.97. The molecule has 62 valence electrons. The first-order chi connectivity index (χ1) is 5.20. The zero-order valence-corrected chi connectivity index (χ0v) is 7.01. The van der Waals surface area contributed by atoms with E-state index in [1.165, 1.54) is 0 Å². The Bertz CT molecular complexity index is 176. The van der Waals surface area contributed by atoms with Gasteiger partial charge in [-0.15, -0.1) is 0 Å². The summed E-state index contributed by atoms with van der Waals surface area (Å²) in [6.07, 6.45) is 2.09. The molecular weight excluding hydrogens is 144 g/mol. The molecule has 0 aliphatic heterocycles. The maximum atomic E-state index is 10.6. The van der Waals surface area contributed by atoms with Crippen molar-refractivity contribution in [1.29, 1.82) is 0 Å². The van der Waals surface area contributed by atoms with Crippen LogP contribution in [0.5, 0.6) is 0 Å². The quantitative estimate of drug-likeness (QED) is 0.452. The second-order valence-electron chi connectivity index (χ2n) is 2.04. The average molecular weight is 156 g/mol. The minimum atomic E-state index is -0.728. The van der Waals surface area contributed by atoms with Gasteiger partial charge < -0.3 is 9.47 Å². The summed E-state index contributed by atoms with van der Waals surface area (Å²) >= 11 is 0. The Balaban J connectivity index is 3.57. The average Bonchev–Trinajstić information content (AvgIpc) is 2.00. The third-order valence-electron chi connectivity index (χ3n) is 1.11. The largest absolute Gasteiger partial charge is 0.522 e. The lowest BCUT2D eigenvalue weighted by atomic mass is 10.3. The van der Waals surface area contributed by atoms with Gasteiger partial charge in [-0.1, -0.05) is 12.8 Å². The van der Waals surface area contributed by atoms with E-state index in [2.05, 4.69) is 16.8 Å². The summed E-state index contributed by atoms with van der Waals surface area (Å²) in [5.74, 6) is 2.42. The van der Waals surface area contributed by atoms with Gasteiger partial charge in [0.15, 0.2) is 0 Å². The number of hydrogen-bond acceptors (Lipinski definition) is 3. The van der Waals surface area contributed by atoms with Crippen molar-refractivity contribution in [3.8, 4) is 12.0 Å². The summed E-state index contributed by atoms with van der Waals surface area (Å²) in [5.41, 5.74) is 0. The van der Waals surface area contributed by atoms with Crippen LogP contribution in [0.4, 0.5) is 4.79 Å². The Hall–Kier alpha value is -1.17. The monoisotopic (exact) mass is 156 g/mol. The first-order valence-corrected chi connectivity index (χ1v) is 3.49. The van der Waals surface area contributed by atoms with E-state index in [-0.39, 0.29) is 6.10 Å². The van der Waals surface area contributed by atoms with E-state index in [9.17, 15) is 4.79 Å². The zero-order valence-electron chi connectivity index (χ0n) is 7.01. The van der Waals surface area contributed by atoms with Crippen LogP contribution in [0.25, 0.3) is 0 Å². The van der Waals surface area contributed by atoms with E-state index < -0.39 is 6.16 Å². The highest BCUT2D eigenvalue weighted by Gasteiger charge is 2.06. The lowest BCUT2D eigenvalue weighted by Gasteiger charge is -2.06. The fourth-order valence-electron chi connectivity index (χ4n) is 0.364. The predicted octanol–water partition coefficient (Wildman–Crippen LogP) is 1.92. The maximum Gasteiger partial charge on any atom is 0.522 e. The number of ether oxygens (including phenoxy) is 2. The summed E-state index contributed by atoms with van der Waals surface area (Å²) < 4.78 is 9.08. The van der Waals surface area contributed by atoms with Crippen molar-refractivity contribution >= 4 is 6.16 Å². The number of carbonyl (C=O) groups excluding carboxylic acids is 1. The van der Waals surface area contributed by atoms with E-state index in [0.29, 0.717) is 0 Å². The molecule has 0 saturated heterocycles. The lowest BCUT2D eigenvalue weighted by Crippen LogP contribution is -2.13. The summed E-state index contributed by atoms with van der Waals surface area (Å²) in [5, 5.41) is 0. The van der Waals surface area contributed by atoms with Crippen LogP contribution in [0.2, 0.25) is 0 Å². The molecule has 0 fully saturated rings. The lowest BCUT2D eigenvalue weighted by molar-refractivity contribution is 0.0568. The normalized spacial score (nSPS) is 10.8. The SMILES string of the molecule is CC#COC(=O)OC(C)CC. The standard InChI is InChI=1S/C8H12O3/c1-4-6-10-8(9)11-7(3)5-2/h7H,5H2,1-3H3. The maximum absolute atomic E-state index is 10.6. The van der Waals surface area contributed by atoms with Crippen molar-refractivity contribution in [3.05, 3.63) is 0 Å². The topological polar surface area (TPSA) is 35.5 Å². The number of hydrogen-bond donors (Lipinski definition) is 0. The molecule has 3 heteroatoms. The van der Waals surface area contributed by atoms with E-state index in [1.807, 2.05) is 6.92 Å². The highest BCUT2D eigenvalue weighted by atomic mass is 16.7. The molecular formula is C8H12O3. The molecule has 0 spiro atoms. The Morgan fingerprint density at radius 1 is 1.64 bits per heavy atom. The Kier molecular flexibility index (Phi) is 5.01. The van der Waals surface area contributed by atoms with Crippen LogP contribution >= 0.6 is 0 Å².